The SMILES string of the molecule is Clc1ccc2nc(N3CCC3)ncc2c1. The van der Waals surface area contributed by atoms with Crippen molar-refractivity contribution in [2.75, 3.05) is 18.0 Å². The van der Waals surface area contributed by atoms with E-state index in [0.29, 0.717) is 0 Å². The Morgan fingerprint density at radius 1 is 1.27 bits per heavy atom. The van der Waals surface area contributed by atoms with Crippen molar-refractivity contribution < 1.29 is 0 Å². The topological polar surface area (TPSA) is 29.0 Å². The van der Waals surface area contributed by atoms with Crippen LogP contribution in [0.3, 0.4) is 0 Å². The van der Waals surface area contributed by atoms with Gasteiger partial charge < -0.3 is 4.90 Å². The Labute approximate surface area is 92.7 Å². The summed E-state index contributed by atoms with van der Waals surface area (Å²) in [4.78, 5) is 11.0. The fraction of sp³-hybridized carbons (Fsp3) is 0.273. The molecule has 2 heterocycles. The predicted molar refractivity (Wildman–Crippen MR) is 61.4 cm³/mol. The van der Waals surface area contributed by atoms with Crippen molar-refractivity contribution in [2.45, 2.75) is 6.42 Å². The molecule has 1 saturated heterocycles. The smallest absolute Gasteiger partial charge is 0.225 e. The van der Waals surface area contributed by atoms with Gasteiger partial charge in [0.05, 0.1) is 5.52 Å². The van der Waals surface area contributed by atoms with E-state index in [2.05, 4.69) is 14.9 Å². The van der Waals surface area contributed by atoms with E-state index in [9.17, 15) is 0 Å². The summed E-state index contributed by atoms with van der Waals surface area (Å²) < 4.78 is 0. The lowest BCUT2D eigenvalue weighted by Crippen LogP contribution is -2.38. The molecule has 1 aliphatic heterocycles. The molecule has 1 aromatic heterocycles. The normalized spacial score (nSPS) is 15.4. The van der Waals surface area contributed by atoms with Crippen LogP contribution in [0.15, 0.2) is 24.4 Å². The van der Waals surface area contributed by atoms with Gasteiger partial charge in [-0.25, -0.2) is 9.97 Å². The number of halogens is 1. The lowest BCUT2D eigenvalue weighted by atomic mass is 10.2. The first-order chi connectivity index (χ1) is 7.33. The highest BCUT2D eigenvalue weighted by molar-refractivity contribution is 6.31. The Hall–Kier alpha value is -1.35. The second kappa shape index (κ2) is 3.35. The highest BCUT2D eigenvalue weighted by Crippen LogP contribution is 2.21. The van der Waals surface area contributed by atoms with Crippen LogP contribution in [0.2, 0.25) is 5.02 Å². The van der Waals surface area contributed by atoms with Gasteiger partial charge in [-0.3, -0.25) is 0 Å². The molecule has 4 heteroatoms. The highest BCUT2D eigenvalue weighted by Gasteiger charge is 2.16. The van der Waals surface area contributed by atoms with Crippen LogP contribution in [-0.2, 0) is 0 Å². The van der Waals surface area contributed by atoms with E-state index in [1.807, 2.05) is 24.4 Å². The zero-order valence-corrected chi connectivity index (χ0v) is 8.91. The van der Waals surface area contributed by atoms with E-state index in [-0.39, 0.29) is 0 Å². The summed E-state index contributed by atoms with van der Waals surface area (Å²) in [5.74, 6) is 0.830. The van der Waals surface area contributed by atoms with Gasteiger partial charge in [0.25, 0.3) is 0 Å². The third-order valence-corrected chi connectivity index (χ3v) is 2.90. The van der Waals surface area contributed by atoms with Gasteiger partial charge in [-0.1, -0.05) is 11.6 Å². The average molecular weight is 220 g/mol. The molecule has 0 amide bonds. The Kier molecular flexibility index (Phi) is 1.99. The summed E-state index contributed by atoms with van der Waals surface area (Å²) in [5.41, 5.74) is 0.955. The fourth-order valence-corrected chi connectivity index (χ4v) is 1.84. The van der Waals surface area contributed by atoms with E-state index >= 15 is 0 Å². The lowest BCUT2D eigenvalue weighted by Gasteiger charge is -2.30. The standard InChI is InChI=1S/C11H10ClN3/c12-9-2-3-10-8(6-9)7-13-11(14-10)15-4-1-5-15/h2-3,6-7H,1,4-5H2. The first-order valence-electron chi connectivity index (χ1n) is 5.00. The molecule has 15 heavy (non-hydrogen) atoms. The Balaban J connectivity index is 2.09. The summed E-state index contributed by atoms with van der Waals surface area (Å²) in [6.07, 6.45) is 3.07. The molecule has 3 rings (SSSR count). The number of nitrogens with zero attached hydrogens (tertiary/aromatic N) is 3. The number of fused-ring (bicyclic) bond motifs is 1. The molecule has 1 aliphatic rings. The van der Waals surface area contributed by atoms with Crippen LogP contribution >= 0.6 is 11.6 Å². The molecule has 0 N–H and O–H groups in total. The Morgan fingerprint density at radius 3 is 2.87 bits per heavy atom. The van der Waals surface area contributed by atoms with Crippen molar-refractivity contribution >= 4 is 28.5 Å². The number of aromatic nitrogens is 2. The summed E-state index contributed by atoms with van der Waals surface area (Å²) >= 11 is 5.89. The van der Waals surface area contributed by atoms with Crippen LogP contribution in [0.5, 0.6) is 0 Å². The van der Waals surface area contributed by atoms with Crippen molar-refractivity contribution in [2.24, 2.45) is 0 Å². The van der Waals surface area contributed by atoms with Gasteiger partial charge in [0.15, 0.2) is 0 Å². The minimum atomic E-state index is 0.725. The van der Waals surface area contributed by atoms with E-state index < -0.39 is 0 Å². The van der Waals surface area contributed by atoms with Crippen LogP contribution in [-0.4, -0.2) is 23.1 Å². The third-order valence-electron chi connectivity index (χ3n) is 2.67. The summed E-state index contributed by atoms with van der Waals surface area (Å²) in [6.45, 7) is 2.14. The number of hydrogen-bond donors (Lipinski definition) is 0. The average Bonchev–Trinajstić information content (AvgIpc) is 2.15. The monoisotopic (exact) mass is 219 g/mol. The molecule has 0 bridgehead atoms. The van der Waals surface area contributed by atoms with Crippen molar-refractivity contribution in [3.8, 4) is 0 Å². The maximum atomic E-state index is 5.89. The third kappa shape index (κ3) is 1.53. The van der Waals surface area contributed by atoms with Gasteiger partial charge in [0.1, 0.15) is 0 Å². The second-order valence-corrected chi connectivity index (χ2v) is 4.15. The number of anilines is 1. The van der Waals surface area contributed by atoms with Crippen LogP contribution in [0.25, 0.3) is 10.9 Å². The molecule has 76 valence electrons. The molecule has 1 aromatic carbocycles. The minimum Gasteiger partial charge on any atom is -0.341 e. The first-order valence-corrected chi connectivity index (χ1v) is 5.38. The number of hydrogen-bond acceptors (Lipinski definition) is 3. The minimum absolute atomic E-state index is 0.725. The van der Waals surface area contributed by atoms with Crippen molar-refractivity contribution in [1.29, 1.82) is 0 Å². The van der Waals surface area contributed by atoms with Crippen LogP contribution in [0.1, 0.15) is 6.42 Å². The van der Waals surface area contributed by atoms with Crippen LogP contribution in [0, 0.1) is 0 Å². The first kappa shape index (κ1) is 8.92. The van der Waals surface area contributed by atoms with Crippen LogP contribution in [0.4, 0.5) is 5.95 Å². The second-order valence-electron chi connectivity index (χ2n) is 3.71. The molecule has 1 fully saturated rings. The maximum Gasteiger partial charge on any atom is 0.225 e. The quantitative estimate of drug-likeness (QED) is 0.738. The maximum absolute atomic E-state index is 5.89. The van der Waals surface area contributed by atoms with Crippen molar-refractivity contribution in [1.82, 2.24) is 9.97 Å². The number of rotatable bonds is 1. The molecule has 0 saturated carbocycles. The van der Waals surface area contributed by atoms with Gasteiger partial charge in [-0.05, 0) is 24.6 Å². The molecule has 0 atom stereocenters. The van der Waals surface area contributed by atoms with Crippen molar-refractivity contribution in [3.63, 3.8) is 0 Å². The van der Waals surface area contributed by atoms with Gasteiger partial charge >= 0.3 is 0 Å². The van der Waals surface area contributed by atoms with Gasteiger partial charge in [0.2, 0.25) is 5.95 Å². The molecular weight excluding hydrogens is 210 g/mol. The van der Waals surface area contributed by atoms with Gasteiger partial charge in [-0.15, -0.1) is 0 Å². The zero-order valence-electron chi connectivity index (χ0n) is 8.15. The van der Waals surface area contributed by atoms with E-state index in [1.54, 1.807) is 0 Å². The Bertz CT molecular complexity index is 508. The van der Waals surface area contributed by atoms with E-state index in [0.717, 1.165) is 35.0 Å². The Morgan fingerprint density at radius 2 is 2.13 bits per heavy atom. The zero-order chi connectivity index (χ0) is 10.3. The molecule has 2 aromatic rings. The fourth-order valence-electron chi connectivity index (χ4n) is 1.66. The van der Waals surface area contributed by atoms with Gasteiger partial charge in [-0.2, -0.15) is 0 Å². The lowest BCUT2D eigenvalue weighted by molar-refractivity contribution is 0.601. The molecule has 0 spiro atoms. The summed E-state index contributed by atoms with van der Waals surface area (Å²) in [5, 5.41) is 1.72. The van der Waals surface area contributed by atoms with E-state index in [4.69, 9.17) is 11.6 Å². The number of benzene rings is 1. The van der Waals surface area contributed by atoms with E-state index in [1.165, 1.54) is 6.42 Å². The molecule has 0 aliphatic carbocycles. The largest absolute Gasteiger partial charge is 0.341 e. The highest BCUT2D eigenvalue weighted by atomic mass is 35.5. The molecule has 0 unspecified atom stereocenters. The van der Waals surface area contributed by atoms with Crippen LogP contribution < -0.4 is 4.90 Å². The predicted octanol–water partition coefficient (Wildman–Crippen LogP) is 2.49. The molecular formula is C11H10ClN3. The molecule has 3 nitrogen and oxygen atoms in total. The molecule has 0 radical (unpaired) electrons. The summed E-state index contributed by atoms with van der Waals surface area (Å²) in [6, 6.07) is 5.68. The van der Waals surface area contributed by atoms with Crippen molar-refractivity contribution in [3.05, 3.63) is 29.4 Å². The van der Waals surface area contributed by atoms with Gasteiger partial charge in [0, 0.05) is 29.7 Å². The summed E-state index contributed by atoms with van der Waals surface area (Å²) in [7, 11) is 0.